The van der Waals surface area contributed by atoms with Gasteiger partial charge in [0.15, 0.2) is 16.6 Å². The second kappa shape index (κ2) is 8.40. The second-order valence-corrected chi connectivity index (χ2v) is 7.45. The summed E-state index contributed by atoms with van der Waals surface area (Å²) in [5.74, 6) is 2.76. The summed E-state index contributed by atoms with van der Waals surface area (Å²) in [6.45, 7) is 2.54. The maximum atomic E-state index is 11.8. The Morgan fingerprint density at radius 3 is 2.72 bits per heavy atom. The number of ether oxygens (including phenoxy) is 2. The SMILES string of the molecule is COc1cccc(-c2nc(SCCOc3cccc(C)c3)n3[nH]c(=O)cc3n2)c1. The van der Waals surface area contributed by atoms with Gasteiger partial charge in [0.1, 0.15) is 11.5 Å². The van der Waals surface area contributed by atoms with Gasteiger partial charge in [-0.15, -0.1) is 0 Å². The van der Waals surface area contributed by atoms with E-state index in [1.165, 1.54) is 17.8 Å². The molecule has 0 bridgehead atoms. The highest BCUT2D eigenvalue weighted by atomic mass is 32.2. The van der Waals surface area contributed by atoms with E-state index in [1.807, 2.05) is 55.5 Å². The number of hydrogen-bond donors (Lipinski definition) is 1. The van der Waals surface area contributed by atoms with E-state index in [-0.39, 0.29) is 5.56 Å². The summed E-state index contributed by atoms with van der Waals surface area (Å²) in [5, 5.41) is 3.39. The molecular weight excluding hydrogens is 388 g/mol. The average molecular weight is 408 g/mol. The largest absolute Gasteiger partial charge is 0.497 e. The molecule has 0 amide bonds. The zero-order valence-corrected chi connectivity index (χ0v) is 16.9. The van der Waals surface area contributed by atoms with Gasteiger partial charge in [-0.2, -0.15) is 0 Å². The molecular formula is C21H20N4O3S. The van der Waals surface area contributed by atoms with E-state index in [1.54, 1.807) is 11.6 Å². The van der Waals surface area contributed by atoms with Gasteiger partial charge < -0.3 is 9.47 Å². The minimum atomic E-state index is -0.222. The lowest BCUT2D eigenvalue weighted by Gasteiger charge is -2.09. The number of H-pyrrole nitrogens is 1. The third-order valence-corrected chi connectivity index (χ3v) is 5.13. The molecule has 0 aliphatic heterocycles. The van der Waals surface area contributed by atoms with Gasteiger partial charge in [0.05, 0.1) is 13.7 Å². The first-order valence-electron chi connectivity index (χ1n) is 9.09. The van der Waals surface area contributed by atoms with Crippen LogP contribution in [0.1, 0.15) is 5.56 Å². The predicted octanol–water partition coefficient (Wildman–Crippen LogP) is 3.57. The first-order chi connectivity index (χ1) is 14.1. The van der Waals surface area contributed by atoms with E-state index in [0.29, 0.717) is 29.0 Å². The zero-order chi connectivity index (χ0) is 20.2. The number of methoxy groups -OCH3 is 1. The summed E-state index contributed by atoms with van der Waals surface area (Å²) in [4.78, 5) is 21.0. The van der Waals surface area contributed by atoms with Crippen LogP contribution in [-0.4, -0.2) is 39.1 Å². The first-order valence-corrected chi connectivity index (χ1v) is 10.1. The quantitative estimate of drug-likeness (QED) is 0.372. The summed E-state index contributed by atoms with van der Waals surface area (Å²) < 4.78 is 12.7. The normalized spacial score (nSPS) is 11.0. The Bertz CT molecular complexity index is 1200. The number of rotatable bonds is 7. The molecule has 2 heterocycles. The van der Waals surface area contributed by atoms with Crippen molar-refractivity contribution in [2.45, 2.75) is 12.1 Å². The molecule has 0 fully saturated rings. The third kappa shape index (κ3) is 4.43. The molecule has 8 heteroatoms. The van der Waals surface area contributed by atoms with Crippen LogP contribution in [0.25, 0.3) is 17.0 Å². The highest BCUT2D eigenvalue weighted by molar-refractivity contribution is 7.99. The Hall–Kier alpha value is -3.26. The molecule has 0 aliphatic rings. The molecule has 0 radical (unpaired) electrons. The minimum absolute atomic E-state index is 0.222. The number of benzene rings is 2. The van der Waals surface area contributed by atoms with Crippen LogP contribution in [0, 0.1) is 6.92 Å². The monoisotopic (exact) mass is 408 g/mol. The number of aromatic amines is 1. The van der Waals surface area contributed by atoms with Gasteiger partial charge >= 0.3 is 0 Å². The Balaban J connectivity index is 1.56. The van der Waals surface area contributed by atoms with Crippen molar-refractivity contribution >= 4 is 17.4 Å². The van der Waals surface area contributed by atoms with Crippen LogP contribution < -0.4 is 15.0 Å². The van der Waals surface area contributed by atoms with Gasteiger partial charge in [-0.25, -0.2) is 14.5 Å². The summed E-state index contributed by atoms with van der Waals surface area (Å²) >= 11 is 1.49. The number of aryl methyl sites for hydroxylation is 1. The van der Waals surface area contributed by atoms with Crippen molar-refractivity contribution in [3.63, 3.8) is 0 Å². The molecule has 148 valence electrons. The summed E-state index contributed by atoms with van der Waals surface area (Å²) in [6, 6.07) is 16.9. The molecule has 4 rings (SSSR count). The molecule has 0 atom stereocenters. The van der Waals surface area contributed by atoms with Gasteiger partial charge in [-0.3, -0.25) is 9.89 Å². The fraction of sp³-hybridized carbons (Fsp3) is 0.190. The number of hydrogen-bond acceptors (Lipinski definition) is 6. The van der Waals surface area contributed by atoms with Crippen molar-refractivity contribution in [2.75, 3.05) is 19.5 Å². The van der Waals surface area contributed by atoms with E-state index < -0.39 is 0 Å². The maximum absolute atomic E-state index is 11.8. The van der Waals surface area contributed by atoms with E-state index in [9.17, 15) is 4.79 Å². The average Bonchev–Trinajstić information content (AvgIpc) is 3.11. The minimum Gasteiger partial charge on any atom is -0.497 e. The van der Waals surface area contributed by atoms with E-state index in [0.717, 1.165) is 22.6 Å². The lowest BCUT2D eigenvalue weighted by molar-refractivity contribution is 0.343. The van der Waals surface area contributed by atoms with Crippen molar-refractivity contribution in [3.8, 4) is 22.9 Å². The molecule has 7 nitrogen and oxygen atoms in total. The Labute approximate surface area is 171 Å². The fourth-order valence-corrected chi connectivity index (χ4v) is 3.64. The van der Waals surface area contributed by atoms with Crippen LogP contribution in [0.2, 0.25) is 0 Å². The number of thioether (sulfide) groups is 1. The number of aromatic nitrogens is 4. The molecule has 1 N–H and O–H groups in total. The Kier molecular flexibility index (Phi) is 5.53. The van der Waals surface area contributed by atoms with Gasteiger partial charge in [0.25, 0.3) is 5.56 Å². The van der Waals surface area contributed by atoms with Crippen molar-refractivity contribution < 1.29 is 9.47 Å². The maximum Gasteiger partial charge on any atom is 0.266 e. The van der Waals surface area contributed by atoms with Crippen LogP contribution in [-0.2, 0) is 0 Å². The van der Waals surface area contributed by atoms with Crippen molar-refractivity contribution in [1.82, 2.24) is 19.6 Å². The molecule has 0 unspecified atom stereocenters. The van der Waals surface area contributed by atoms with Gasteiger partial charge in [-0.05, 0) is 36.8 Å². The molecule has 0 saturated heterocycles. The van der Waals surface area contributed by atoms with E-state index in [2.05, 4.69) is 15.1 Å². The third-order valence-electron chi connectivity index (χ3n) is 4.23. The highest BCUT2D eigenvalue weighted by Crippen LogP contribution is 2.24. The topological polar surface area (TPSA) is 81.5 Å². The lowest BCUT2D eigenvalue weighted by atomic mass is 10.2. The Morgan fingerprint density at radius 1 is 1.07 bits per heavy atom. The predicted molar refractivity (Wildman–Crippen MR) is 113 cm³/mol. The fourth-order valence-electron chi connectivity index (χ4n) is 2.87. The van der Waals surface area contributed by atoms with Crippen molar-refractivity contribution in [2.24, 2.45) is 0 Å². The lowest BCUT2D eigenvalue weighted by Crippen LogP contribution is -2.07. The van der Waals surface area contributed by atoms with Gasteiger partial charge in [-0.1, -0.05) is 36.0 Å². The van der Waals surface area contributed by atoms with Gasteiger partial charge in [0.2, 0.25) is 0 Å². The summed E-state index contributed by atoms with van der Waals surface area (Å²) in [6.07, 6.45) is 0. The number of nitrogens with one attached hydrogen (secondary N) is 1. The Morgan fingerprint density at radius 2 is 1.90 bits per heavy atom. The van der Waals surface area contributed by atoms with Crippen LogP contribution in [0.15, 0.2) is 64.5 Å². The first kappa shape index (κ1) is 19.1. The molecule has 4 aromatic rings. The van der Waals surface area contributed by atoms with Gasteiger partial charge in [0, 0.05) is 17.4 Å². The van der Waals surface area contributed by atoms with E-state index in [4.69, 9.17) is 9.47 Å². The van der Waals surface area contributed by atoms with Crippen molar-refractivity contribution in [1.29, 1.82) is 0 Å². The van der Waals surface area contributed by atoms with Crippen LogP contribution >= 0.6 is 11.8 Å². The molecule has 29 heavy (non-hydrogen) atoms. The van der Waals surface area contributed by atoms with Crippen LogP contribution in [0.5, 0.6) is 11.5 Å². The van der Waals surface area contributed by atoms with Crippen molar-refractivity contribution in [3.05, 3.63) is 70.5 Å². The standard InChI is InChI=1S/C21H20N4O3S/c1-14-5-3-8-17(11-14)28-9-10-29-21-23-20(15-6-4-7-16(12-15)27-2)22-18-13-19(26)24-25(18)21/h3-8,11-13H,9-10H2,1-2H3,(H,24,26). The van der Waals surface area contributed by atoms with E-state index >= 15 is 0 Å². The van der Waals surface area contributed by atoms with Crippen LogP contribution in [0.4, 0.5) is 0 Å². The molecule has 0 aliphatic carbocycles. The molecule has 2 aromatic carbocycles. The highest BCUT2D eigenvalue weighted by Gasteiger charge is 2.12. The summed E-state index contributed by atoms with van der Waals surface area (Å²) in [5.41, 5.74) is 2.27. The zero-order valence-electron chi connectivity index (χ0n) is 16.1. The smallest absolute Gasteiger partial charge is 0.266 e. The summed E-state index contributed by atoms with van der Waals surface area (Å²) in [7, 11) is 1.62. The molecule has 0 spiro atoms. The molecule has 0 saturated carbocycles. The van der Waals surface area contributed by atoms with Crippen LogP contribution in [0.3, 0.4) is 0 Å². The second-order valence-electron chi connectivity index (χ2n) is 6.39. The number of fused-ring (bicyclic) bond motifs is 1. The molecule has 2 aromatic heterocycles. The number of nitrogens with zero attached hydrogens (tertiary/aromatic N) is 3.